The molecule has 0 aromatic heterocycles. The van der Waals surface area contributed by atoms with Crippen molar-refractivity contribution >= 4 is 0 Å². The van der Waals surface area contributed by atoms with Crippen LogP contribution in [0.3, 0.4) is 0 Å². The number of aliphatic hydroxyl groups excluding tert-OH is 2. The lowest BCUT2D eigenvalue weighted by molar-refractivity contribution is 0.342. The third-order valence-electron chi connectivity index (χ3n) is 1.38. The molecule has 0 unspecified atom stereocenters. The number of allylic oxidation sites excluding steroid dienone is 2. The molecule has 0 heterocycles. The molecule has 0 fully saturated rings. The van der Waals surface area contributed by atoms with Crippen LogP contribution in [-0.4, -0.2) is 23.4 Å². The molecule has 0 aromatic rings. The van der Waals surface area contributed by atoms with Gasteiger partial charge in [-0.15, -0.1) is 0 Å². The minimum atomic E-state index is -0.00259. The van der Waals surface area contributed by atoms with Gasteiger partial charge in [-0.2, -0.15) is 0 Å². The lowest BCUT2D eigenvalue weighted by atomic mass is 10.2. The summed E-state index contributed by atoms with van der Waals surface area (Å²) in [5, 5.41) is 17.1. The summed E-state index contributed by atoms with van der Waals surface area (Å²) in [6.45, 7) is 3.61. The van der Waals surface area contributed by atoms with Crippen LogP contribution in [0, 0.1) is 23.7 Å². The van der Waals surface area contributed by atoms with Crippen LogP contribution in [-0.2, 0) is 0 Å². The van der Waals surface area contributed by atoms with E-state index in [1.165, 1.54) is 0 Å². The van der Waals surface area contributed by atoms with Gasteiger partial charge in [0, 0.05) is 0 Å². The van der Waals surface area contributed by atoms with E-state index in [0.29, 0.717) is 0 Å². The first-order valence-corrected chi connectivity index (χ1v) is 4.28. The van der Waals surface area contributed by atoms with Crippen LogP contribution in [0.4, 0.5) is 0 Å². The van der Waals surface area contributed by atoms with Gasteiger partial charge in [-0.25, -0.2) is 0 Å². The van der Waals surface area contributed by atoms with Crippen molar-refractivity contribution in [1.29, 1.82) is 0 Å². The molecule has 2 nitrogen and oxygen atoms in total. The second kappa shape index (κ2) is 8.13. The summed E-state index contributed by atoms with van der Waals surface area (Å²) in [5.41, 5.74) is 1.59. The zero-order valence-electron chi connectivity index (χ0n) is 8.46. The Morgan fingerprint density at radius 2 is 1.29 bits per heavy atom. The predicted octanol–water partition coefficient (Wildman–Crippen LogP) is 0.870. The fourth-order valence-corrected chi connectivity index (χ4v) is 0.636. The van der Waals surface area contributed by atoms with Gasteiger partial charge in [-0.3, -0.25) is 0 Å². The van der Waals surface area contributed by atoms with Crippen LogP contribution >= 0.6 is 0 Å². The summed E-state index contributed by atoms with van der Waals surface area (Å²) in [7, 11) is 0. The molecule has 14 heavy (non-hydrogen) atoms. The minimum Gasteiger partial charge on any atom is -0.392 e. The lowest BCUT2D eigenvalue weighted by Gasteiger charge is -1.83. The maximum atomic E-state index is 8.53. The van der Waals surface area contributed by atoms with E-state index >= 15 is 0 Å². The Morgan fingerprint density at radius 3 is 1.57 bits per heavy atom. The molecule has 0 aliphatic rings. The Kier molecular flexibility index (Phi) is 7.27. The minimum absolute atomic E-state index is 0.00259. The second-order valence-electron chi connectivity index (χ2n) is 2.64. The SMILES string of the molecule is C/C(C#CC#C/C(C)=C\CO)=C/CO. The highest BCUT2D eigenvalue weighted by atomic mass is 16.3. The van der Waals surface area contributed by atoms with Gasteiger partial charge in [-0.1, -0.05) is 11.8 Å². The van der Waals surface area contributed by atoms with E-state index in [4.69, 9.17) is 10.2 Å². The van der Waals surface area contributed by atoms with Gasteiger partial charge in [0.05, 0.1) is 13.2 Å². The molecule has 0 amide bonds. The molecule has 0 spiro atoms. The molecule has 0 rings (SSSR count). The van der Waals surface area contributed by atoms with Crippen LogP contribution in [0.2, 0.25) is 0 Å². The van der Waals surface area contributed by atoms with Crippen LogP contribution in [0.25, 0.3) is 0 Å². The van der Waals surface area contributed by atoms with Gasteiger partial charge >= 0.3 is 0 Å². The predicted molar refractivity (Wildman–Crippen MR) is 57.2 cm³/mol. The molecule has 0 saturated carbocycles. The maximum Gasteiger partial charge on any atom is 0.0624 e. The monoisotopic (exact) mass is 190 g/mol. The quantitative estimate of drug-likeness (QED) is 0.634. The van der Waals surface area contributed by atoms with Gasteiger partial charge in [-0.05, 0) is 49.0 Å². The van der Waals surface area contributed by atoms with Crippen molar-refractivity contribution in [2.24, 2.45) is 0 Å². The Hall–Kier alpha value is -1.48. The smallest absolute Gasteiger partial charge is 0.0624 e. The Morgan fingerprint density at radius 1 is 0.929 bits per heavy atom. The van der Waals surface area contributed by atoms with Crippen molar-refractivity contribution < 1.29 is 10.2 Å². The van der Waals surface area contributed by atoms with E-state index in [1.54, 1.807) is 26.0 Å². The van der Waals surface area contributed by atoms with Crippen molar-refractivity contribution in [3.05, 3.63) is 23.3 Å². The van der Waals surface area contributed by atoms with E-state index in [-0.39, 0.29) is 13.2 Å². The van der Waals surface area contributed by atoms with Crippen molar-refractivity contribution in [3.8, 4) is 23.7 Å². The Balaban J connectivity index is 4.28. The number of hydrogen-bond donors (Lipinski definition) is 2. The van der Waals surface area contributed by atoms with E-state index in [1.807, 2.05) is 0 Å². The summed E-state index contributed by atoms with van der Waals surface area (Å²) >= 11 is 0. The molecular weight excluding hydrogens is 176 g/mol. The average Bonchev–Trinajstić information content (AvgIpc) is 2.13. The van der Waals surface area contributed by atoms with E-state index < -0.39 is 0 Å². The molecular formula is C12H14O2. The molecule has 0 aliphatic heterocycles. The highest BCUT2D eigenvalue weighted by Crippen LogP contribution is 1.88. The van der Waals surface area contributed by atoms with Gasteiger partial charge in [0.25, 0.3) is 0 Å². The second-order valence-corrected chi connectivity index (χ2v) is 2.64. The fourth-order valence-electron chi connectivity index (χ4n) is 0.636. The molecule has 0 aliphatic carbocycles. The molecule has 0 aromatic carbocycles. The average molecular weight is 190 g/mol. The van der Waals surface area contributed by atoms with Crippen molar-refractivity contribution in [2.45, 2.75) is 13.8 Å². The normalized spacial score (nSPS) is 11.1. The number of rotatable bonds is 2. The van der Waals surface area contributed by atoms with Gasteiger partial charge in [0.1, 0.15) is 0 Å². The topological polar surface area (TPSA) is 40.5 Å². The van der Waals surface area contributed by atoms with Crippen molar-refractivity contribution in [3.63, 3.8) is 0 Å². The third-order valence-corrected chi connectivity index (χ3v) is 1.38. The first kappa shape index (κ1) is 12.5. The highest BCUT2D eigenvalue weighted by molar-refractivity contribution is 5.40. The largest absolute Gasteiger partial charge is 0.392 e. The third kappa shape index (κ3) is 7.18. The summed E-state index contributed by atoms with van der Waals surface area (Å²) in [6.07, 6.45) is 3.23. The van der Waals surface area contributed by atoms with E-state index in [2.05, 4.69) is 23.7 Å². The molecule has 2 N–H and O–H groups in total. The highest BCUT2D eigenvalue weighted by Gasteiger charge is 1.78. The first-order valence-electron chi connectivity index (χ1n) is 4.28. The Labute approximate surface area is 85.0 Å². The van der Waals surface area contributed by atoms with Crippen LogP contribution < -0.4 is 0 Å². The van der Waals surface area contributed by atoms with E-state index in [0.717, 1.165) is 11.1 Å². The standard InChI is InChI=1S/C12H14O2/c1-11(7-9-13)5-3-4-6-12(2)8-10-14/h7-8,13-14H,9-10H2,1-2H3/b11-7-,12-8-. The van der Waals surface area contributed by atoms with Crippen molar-refractivity contribution in [1.82, 2.24) is 0 Å². The van der Waals surface area contributed by atoms with Gasteiger partial charge in [0.15, 0.2) is 0 Å². The molecule has 74 valence electrons. The zero-order chi connectivity index (χ0) is 10.8. The number of hydrogen-bond acceptors (Lipinski definition) is 2. The van der Waals surface area contributed by atoms with E-state index in [9.17, 15) is 0 Å². The molecule has 2 heteroatoms. The fraction of sp³-hybridized carbons (Fsp3) is 0.333. The van der Waals surface area contributed by atoms with Crippen LogP contribution in [0.1, 0.15) is 13.8 Å². The molecule has 0 bridgehead atoms. The molecule has 0 atom stereocenters. The Bertz CT molecular complexity index is 304. The van der Waals surface area contributed by atoms with Crippen LogP contribution in [0.15, 0.2) is 23.3 Å². The maximum absolute atomic E-state index is 8.53. The van der Waals surface area contributed by atoms with Crippen molar-refractivity contribution in [2.75, 3.05) is 13.2 Å². The summed E-state index contributed by atoms with van der Waals surface area (Å²) < 4.78 is 0. The van der Waals surface area contributed by atoms with Gasteiger partial charge in [0.2, 0.25) is 0 Å². The summed E-state index contributed by atoms with van der Waals surface area (Å²) in [4.78, 5) is 0. The molecule has 0 radical (unpaired) electrons. The van der Waals surface area contributed by atoms with Crippen LogP contribution in [0.5, 0.6) is 0 Å². The first-order chi connectivity index (χ1) is 6.70. The summed E-state index contributed by atoms with van der Waals surface area (Å²) in [6, 6.07) is 0. The van der Waals surface area contributed by atoms with Gasteiger partial charge < -0.3 is 10.2 Å². The molecule has 0 saturated heterocycles. The lowest BCUT2D eigenvalue weighted by Crippen LogP contribution is -1.76. The zero-order valence-corrected chi connectivity index (χ0v) is 8.46. The summed E-state index contributed by atoms with van der Waals surface area (Å²) in [5.74, 6) is 10.8. The number of aliphatic hydroxyl groups is 2.